The third kappa shape index (κ3) is 4.82. The second kappa shape index (κ2) is 9.01. The van der Waals surface area contributed by atoms with E-state index in [1.165, 1.54) is 6.26 Å². The smallest absolute Gasteiger partial charge is 0.207 e. The van der Waals surface area contributed by atoms with Crippen LogP contribution >= 0.6 is 15.9 Å². The Balaban J connectivity index is 1.33. The lowest BCUT2D eigenvalue weighted by molar-refractivity contribution is -0.134. The first kappa shape index (κ1) is 20.0. The molecule has 0 N–H and O–H groups in total. The fourth-order valence-electron chi connectivity index (χ4n) is 3.72. The Morgan fingerprint density at radius 1 is 1.03 bits per heavy atom. The summed E-state index contributed by atoms with van der Waals surface area (Å²) in [6.45, 7) is 0.560. The van der Waals surface area contributed by atoms with Crippen LogP contribution in [0, 0.1) is 5.92 Å². The average Bonchev–Trinajstić information content (AvgIpc) is 2.76. The Bertz CT molecular complexity index is 875. The maximum atomic E-state index is 12.9. The molecule has 6 heteroatoms. The molecule has 0 aromatic heterocycles. The molecule has 0 spiro atoms. The SMILES string of the molecule is COc1ccc(OC2=COC3CC(OCc4ccc(Br)cc4)CCC3C2=O)cc1. The minimum absolute atomic E-state index is 0.00317. The standard InChI is InChI=1S/C23H23BrO5/c1-26-17-6-8-18(9-7-17)29-22-14-28-21-12-19(10-11-20(21)23(22)25)27-13-15-2-4-16(24)5-3-15/h2-9,14,19-21H,10-13H2,1H3. The van der Waals surface area contributed by atoms with Crippen molar-refractivity contribution in [1.29, 1.82) is 0 Å². The van der Waals surface area contributed by atoms with E-state index in [2.05, 4.69) is 15.9 Å². The molecular weight excluding hydrogens is 436 g/mol. The van der Waals surface area contributed by atoms with Crippen molar-refractivity contribution in [2.75, 3.05) is 7.11 Å². The number of benzene rings is 2. The number of methoxy groups -OCH3 is 1. The number of halogens is 1. The van der Waals surface area contributed by atoms with Crippen LogP contribution in [0.25, 0.3) is 0 Å². The van der Waals surface area contributed by atoms with Gasteiger partial charge in [-0.1, -0.05) is 28.1 Å². The van der Waals surface area contributed by atoms with Crippen LogP contribution in [0.15, 0.2) is 65.0 Å². The van der Waals surface area contributed by atoms with Crippen molar-refractivity contribution in [3.8, 4) is 11.5 Å². The number of rotatable bonds is 6. The van der Waals surface area contributed by atoms with E-state index in [0.29, 0.717) is 18.8 Å². The molecule has 1 heterocycles. The first-order valence-corrected chi connectivity index (χ1v) is 10.5. The Morgan fingerprint density at radius 3 is 2.48 bits per heavy atom. The van der Waals surface area contributed by atoms with Gasteiger partial charge in [-0.3, -0.25) is 4.79 Å². The zero-order valence-electron chi connectivity index (χ0n) is 16.2. The molecule has 1 aliphatic heterocycles. The van der Waals surface area contributed by atoms with E-state index in [4.69, 9.17) is 18.9 Å². The highest BCUT2D eigenvalue weighted by molar-refractivity contribution is 9.10. The van der Waals surface area contributed by atoms with Crippen molar-refractivity contribution in [3.05, 3.63) is 70.6 Å². The summed E-state index contributed by atoms with van der Waals surface area (Å²) in [7, 11) is 1.61. The molecule has 3 atom stereocenters. The second-order valence-electron chi connectivity index (χ2n) is 7.28. The molecule has 1 aliphatic carbocycles. The zero-order chi connectivity index (χ0) is 20.2. The van der Waals surface area contributed by atoms with E-state index >= 15 is 0 Å². The molecule has 1 saturated carbocycles. The van der Waals surface area contributed by atoms with E-state index in [1.807, 2.05) is 24.3 Å². The molecule has 3 unspecified atom stereocenters. The molecule has 29 heavy (non-hydrogen) atoms. The number of ketones is 1. The second-order valence-corrected chi connectivity index (χ2v) is 8.19. The van der Waals surface area contributed by atoms with Crippen molar-refractivity contribution in [3.63, 3.8) is 0 Å². The number of hydrogen-bond donors (Lipinski definition) is 0. The van der Waals surface area contributed by atoms with Gasteiger partial charge in [0.05, 0.1) is 25.7 Å². The molecule has 0 amide bonds. The number of carbonyl (C=O) groups is 1. The molecule has 0 saturated heterocycles. The maximum absolute atomic E-state index is 12.9. The van der Waals surface area contributed by atoms with Gasteiger partial charge >= 0.3 is 0 Å². The molecule has 0 bridgehead atoms. The topological polar surface area (TPSA) is 54.0 Å². The maximum Gasteiger partial charge on any atom is 0.207 e. The Kier molecular flexibility index (Phi) is 6.21. The summed E-state index contributed by atoms with van der Waals surface area (Å²) >= 11 is 3.44. The fourth-order valence-corrected chi connectivity index (χ4v) is 3.99. The van der Waals surface area contributed by atoms with Gasteiger partial charge in [0, 0.05) is 10.9 Å². The van der Waals surface area contributed by atoms with Crippen LogP contribution in [0.4, 0.5) is 0 Å². The lowest BCUT2D eigenvalue weighted by Crippen LogP contribution is -2.42. The van der Waals surface area contributed by atoms with E-state index in [9.17, 15) is 4.79 Å². The normalized spacial score (nSPS) is 23.6. The number of hydrogen-bond acceptors (Lipinski definition) is 5. The molecule has 152 valence electrons. The summed E-state index contributed by atoms with van der Waals surface area (Å²) in [5.74, 6) is 1.40. The minimum Gasteiger partial charge on any atom is -0.497 e. The Morgan fingerprint density at radius 2 is 1.76 bits per heavy atom. The summed E-state index contributed by atoms with van der Waals surface area (Å²) in [4.78, 5) is 12.9. The molecule has 2 aromatic carbocycles. The van der Waals surface area contributed by atoms with Crippen molar-refractivity contribution in [2.45, 2.75) is 38.1 Å². The quantitative estimate of drug-likeness (QED) is 0.607. The van der Waals surface area contributed by atoms with Gasteiger partial charge in [0.15, 0.2) is 0 Å². The van der Waals surface area contributed by atoms with Crippen LogP contribution in [-0.4, -0.2) is 25.1 Å². The molecular formula is C23H23BrO5. The van der Waals surface area contributed by atoms with Gasteiger partial charge in [0.1, 0.15) is 23.9 Å². The predicted molar refractivity (Wildman–Crippen MR) is 112 cm³/mol. The molecule has 0 radical (unpaired) electrons. The molecule has 4 rings (SSSR count). The fraction of sp³-hybridized carbons (Fsp3) is 0.348. The zero-order valence-corrected chi connectivity index (χ0v) is 17.8. The predicted octanol–water partition coefficient (Wildman–Crippen LogP) is 5.03. The number of fused-ring (bicyclic) bond motifs is 1. The van der Waals surface area contributed by atoms with Crippen LogP contribution in [0.5, 0.6) is 11.5 Å². The van der Waals surface area contributed by atoms with E-state index < -0.39 is 0 Å². The first-order chi connectivity index (χ1) is 14.1. The van der Waals surface area contributed by atoms with E-state index in [-0.39, 0.29) is 29.7 Å². The number of carbonyl (C=O) groups excluding carboxylic acids is 1. The third-order valence-corrected chi connectivity index (χ3v) is 5.89. The van der Waals surface area contributed by atoms with Gasteiger partial charge in [-0.2, -0.15) is 0 Å². The van der Waals surface area contributed by atoms with Gasteiger partial charge in [0.25, 0.3) is 0 Å². The van der Waals surface area contributed by atoms with Crippen LogP contribution in [0.1, 0.15) is 24.8 Å². The van der Waals surface area contributed by atoms with E-state index in [1.54, 1.807) is 31.4 Å². The minimum atomic E-state index is -0.180. The van der Waals surface area contributed by atoms with Crippen LogP contribution in [0.2, 0.25) is 0 Å². The lowest BCUT2D eigenvalue weighted by atomic mass is 9.80. The first-order valence-electron chi connectivity index (χ1n) is 9.70. The van der Waals surface area contributed by atoms with Crippen molar-refractivity contribution >= 4 is 21.7 Å². The molecule has 2 aromatic rings. The lowest BCUT2D eigenvalue weighted by Gasteiger charge is -2.37. The molecule has 2 aliphatic rings. The molecule has 1 fully saturated rings. The summed E-state index contributed by atoms with van der Waals surface area (Å²) in [6, 6.07) is 15.2. The van der Waals surface area contributed by atoms with Crippen LogP contribution < -0.4 is 9.47 Å². The van der Waals surface area contributed by atoms with Gasteiger partial charge in [0.2, 0.25) is 11.5 Å². The van der Waals surface area contributed by atoms with Gasteiger partial charge < -0.3 is 18.9 Å². The number of Topliss-reactive ketones (excluding diaryl/α,β-unsaturated/α-hetero) is 1. The van der Waals surface area contributed by atoms with Gasteiger partial charge in [-0.05, 0) is 54.8 Å². The van der Waals surface area contributed by atoms with Gasteiger partial charge in [-0.25, -0.2) is 0 Å². The van der Waals surface area contributed by atoms with Crippen molar-refractivity contribution in [2.24, 2.45) is 5.92 Å². The third-order valence-electron chi connectivity index (χ3n) is 5.36. The highest BCUT2D eigenvalue weighted by atomic mass is 79.9. The Hall–Kier alpha value is -2.31. The summed E-state index contributed by atoms with van der Waals surface area (Å²) < 4.78 is 23.9. The van der Waals surface area contributed by atoms with E-state index in [0.717, 1.165) is 28.6 Å². The summed E-state index contributed by atoms with van der Waals surface area (Å²) in [5.41, 5.74) is 1.13. The highest BCUT2D eigenvalue weighted by Gasteiger charge is 2.41. The largest absolute Gasteiger partial charge is 0.497 e. The van der Waals surface area contributed by atoms with Crippen LogP contribution in [0.3, 0.4) is 0 Å². The highest BCUT2D eigenvalue weighted by Crippen LogP contribution is 2.35. The number of ether oxygens (including phenoxy) is 4. The average molecular weight is 459 g/mol. The van der Waals surface area contributed by atoms with Gasteiger partial charge in [-0.15, -0.1) is 0 Å². The van der Waals surface area contributed by atoms with Crippen LogP contribution in [-0.2, 0) is 20.9 Å². The summed E-state index contributed by atoms with van der Waals surface area (Å²) in [6.07, 6.45) is 3.66. The van der Waals surface area contributed by atoms with Crippen molar-refractivity contribution in [1.82, 2.24) is 0 Å². The molecule has 5 nitrogen and oxygen atoms in total. The summed E-state index contributed by atoms with van der Waals surface area (Å²) in [5, 5.41) is 0. The van der Waals surface area contributed by atoms with Crippen molar-refractivity contribution < 1.29 is 23.7 Å². The Labute approximate surface area is 178 Å². The number of allylic oxidation sites excluding steroid dienone is 1. The monoisotopic (exact) mass is 458 g/mol.